The van der Waals surface area contributed by atoms with E-state index in [2.05, 4.69) is 10.4 Å². The van der Waals surface area contributed by atoms with E-state index in [0.29, 0.717) is 26.1 Å². The highest BCUT2D eigenvalue weighted by molar-refractivity contribution is 7.46. The summed E-state index contributed by atoms with van der Waals surface area (Å²) in [5.74, 6) is 2.42. The van der Waals surface area contributed by atoms with Crippen molar-refractivity contribution in [1.29, 1.82) is 0 Å². The van der Waals surface area contributed by atoms with E-state index in [-0.39, 0.29) is 13.2 Å². The summed E-state index contributed by atoms with van der Waals surface area (Å²) in [5, 5.41) is 8.60. The summed E-state index contributed by atoms with van der Waals surface area (Å²) in [5.41, 5.74) is 0. The maximum absolute atomic E-state index is 10.4. The smallest absolute Gasteiger partial charge is 0.396 e. The van der Waals surface area contributed by atoms with Crippen LogP contribution < -0.4 is 0 Å². The average molecular weight is 237 g/mol. The molecule has 0 aliphatic rings. The molecule has 0 atom stereocenters. The second-order valence-corrected chi connectivity index (χ2v) is 4.12. The molecule has 0 unspecified atom stereocenters. The highest BCUT2D eigenvalue weighted by atomic mass is 31.2. The van der Waals surface area contributed by atoms with Crippen molar-refractivity contribution in [2.24, 2.45) is 0 Å². The van der Waals surface area contributed by atoms with Crippen molar-refractivity contribution in [3.63, 3.8) is 0 Å². The largest absolute Gasteiger partial charge is 0.469 e. The zero-order valence-corrected chi connectivity index (χ0v) is 9.27. The maximum atomic E-state index is 10.4. The van der Waals surface area contributed by atoms with Crippen LogP contribution in [0.15, 0.2) is 0 Å². The first-order valence-electron chi connectivity index (χ1n) is 4.46. The minimum atomic E-state index is -4.39. The Kier molecular flexibility index (Phi) is 7.61. The number of aliphatic hydroxyl groups excluding tert-OH is 1. The second-order valence-electron chi connectivity index (χ2n) is 2.88. The summed E-state index contributed by atoms with van der Waals surface area (Å²) < 4.78 is 14.6. The number of phosphoric acid groups is 1. The number of nitrogens with zero attached hydrogens (tertiary/aromatic N) is 1. The van der Waals surface area contributed by atoms with Gasteiger partial charge in [0.05, 0.1) is 13.2 Å². The van der Waals surface area contributed by atoms with Crippen molar-refractivity contribution in [1.82, 2.24) is 4.90 Å². The van der Waals surface area contributed by atoms with Crippen LogP contribution in [-0.2, 0) is 9.09 Å². The first-order chi connectivity index (χ1) is 6.99. The van der Waals surface area contributed by atoms with Crippen LogP contribution in [0.25, 0.3) is 0 Å². The van der Waals surface area contributed by atoms with Crippen LogP contribution in [0.4, 0.5) is 0 Å². The van der Waals surface area contributed by atoms with Crippen LogP contribution in [0, 0.1) is 12.3 Å². The van der Waals surface area contributed by atoms with Gasteiger partial charge in [0.25, 0.3) is 0 Å². The Morgan fingerprint density at radius 2 is 2.07 bits per heavy atom. The molecular weight excluding hydrogens is 221 g/mol. The summed E-state index contributed by atoms with van der Waals surface area (Å²) in [6.45, 7) is 1.24. The highest BCUT2D eigenvalue weighted by Gasteiger charge is 2.14. The summed E-state index contributed by atoms with van der Waals surface area (Å²) >= 11 is 0. The lowest BCUT2D eigenvalue weighted by Gasteiger charge is -2.18. The molecular formula is C8H16NO5P. The van der Waals surface area contributed by atoms with E-state index in [0.717, 1.165) is 0 Å². The number of aliphatic hydroxyl groups is 1. The van der Waals surface area contributed by atoms with Gasteiger partial charge in [0.15, 0.2) is 0 Å². The normalized spacial score (nSPS) is 11.7. The number of terminal acetylenes is 1. The first kappa shape index (κ1) is 14.6. The van der Waals surface area contributed by atoms with Crippen LogP contribution in [0.1, 0.15) is 6.42 Å². The molecule has 3 N–H and O–H groups in total. The van der Waals surface area contributed by atoms with Gasteiger partial charge in [-0.1, -0.05) is 5.92 Å². The summed E-state index contributed by atoms with van der Waals surface area (Å²) in [7, 11) is -4.39. The first-order valence-corrected chi connectivity index (χ1v) is 5.99. The molecule has 15 heavy (non-hydrogen) atoms. The van der Waals surface area contributed by atoms with Crippen molar-refractivity contribution in [2.75, 3.05) is 32.8 Å². The third-order valence-corrected chi connectivity index (χ3v) is 2.13. The van der Waals surface area contributed by atoms with Gasteiger partial charge in [0.1, 0.15) is 0 Å². The van der Waals surface area contributed by atoms with Gasteiger partial charge in [-0.3, -0.25) is 9.42 Å². The van der Waals surface area contributed by atoms with E-state index in [1.54, 1.807) is 4.90 Å². The van der Waals surface area contributed by atoms with E-state index in [9.17, 15) is 4.57 Å². The molecule has 0 radical (unpaired) electrons. The Balaban J connectivity index is 3.76. The Morgan fingerprint density at radius 1 is 1.40 bits per heavy atom. The molecule has 0 heterocycles. The van der Waals surface area contributed by atoms with Crippen molar-refractivity contribution in [2.45, 2.75) is 6.42 Å². The Morgan fingerprint density at radius 3 is 2.53 bits per heavy atom. The fourth-order valence-corrected chi connectivity index (χ4v) is 1.30. The average Bonchev–Trinajstić information content (AvgIpc) is 2.12. The molecule has 0 amide bonds. The standard InChI is InChI=1S/C8H16NO5P/c1-2-4-9(5-3-7-10)6-8-14-15(11,12)13/h1,10H,3-8H2,(H2,11,12,13). The fraction of sp³-hybridized carbons (Fsp3) is 0.750. The van der Waals surface area contributed by atoms with Gasteiger partial charge in [-0.25, -0.2) is 4.57 Å². The third-order valence-electron chi connectivity index (χ3n) is 1.61. The van der Waals surface area contributed by atoms with Crippen molar-refractivity contribution in [3.8, 4) is 12.3 Å². The van der Waals surface area contributed by atoms with E-state index in [1.807, 2.05) is 0 Å². The molecule has 0 saturated heterocycles. The molecule has 0 aliphatic heterocycles. The molecule has 0 aromatic heterocycles. The van der Waals surface area contributed by atoms with Gasteiger partial charge >= 0.3 is 7.82 Å². The van der Waals surface area contributed by atoms with Gasteiger partial charge in [0, 0.05) is 19.7 Å². The number of hydrogen-bond donors (Lipinski definition) is 3. The Labute approximate surface area is 89.1 Å². The molecule has 0 rings (SSSR count). The Bertz CT molecular complexity index is 246. The topological polar surface area (TPSA) is 90.2 Å². The highest BCUT2D eigenvalue weighted by Crippen LogP contribution is 2.35. The van der Waals surface area contributed by atoms with E-state index >= 15 is 0 Å². The third kappa shape index (κ3) is 9.88. The zero-order valence-electron chi connectivity index (χ0n) is 8.37. The van der Waals surface area contributed by atoms with Crippen LogP contribution in [0.5, 0.6) is 0 Å². The molecule has 0 bridgehead atoms. The predicted octanol–water partition coefficient (Wildman–Crippen LogP) is -0.587. The number of phosphoric ester groups is 1. The Hall–Kier alpha value is -0.410. The molecule has 0 aromatic rings. The molecule has 0 fully saturated rings. The lowest BCUT2D eigenvalue weighted by Crippen LogP contribution is -2.29. The predicted molar refractivity (Wildman–Crippen MR) is 55.0 cm³/mol. The van der Waals surface area contributed by atoms with Crippen molar-refractivity contribution >= 4 is 7.82 Å². The van der Waals surface area contributed by atoms with E-state index in [1.165, 1.54) is 0 Å². The monoisotopic (exact) mass is 237 g/mol. The lowest BCUT2D eigenvalue weighted by molar-refractivity contribution is 0.161. The van der Waals surface area contributed by atoms with Crippen molar-refractivity contribution < 1.29 is 24.0 Å². The number of hydrogen-bond acceptors (Lipinski definition) is 4. The molecule has 0 spiro atoms. The van der Waals surface area contributed by atoms with Gasteiger partial charge in [-0.05, 0) is 6.42 Å². The molecule has 7 heteroatoms. The summed E-state index contributed by atoms with van der Waals surface area (Å²) in [6.07, 6.45) is 5.68. The van der Waals surface area contributed by atoms with Gasteiger partial charge in [-0.15, -0.1) is 6.42 Å². The molecule has 0 saturated carbocycles. The molecule has 0 aromatic carbocycles. The fourth-order valence-electron chi connectivity index (χ4n) is 0.982. The lowest BCUT2D eigenvalue weighted by atomic mass is 10.4. The van der Waals surface area contributed by atoms with Crippen LogP contribution in [0.2, 0.25) is 0 Å². The summed E-state index contributed by atoms with van der Waals surface area (Å²) in [4.78, 5) is 18.6. The van der Waals surface area contributed by atoms with Gasteiger partial charge < -0.3 is 14.9 Å². The minimum absolute atomic E-state index is 0.0560. The van der Waals surface area contributed by atoms with Gasteiger partial charge in [-0.2, -0.15) is 0 Å². The van der Waals surface area contributed by atoms with E-state index < -0.39 is 7.82 Å². The molecule has 6 nitrogen and oxygen atoms in total. The number of rotatable bonds is 8. The van der Waals surface area contributed by atoms with Crippen molar-refractivity contribution in [3.05, 3.63) is 0 Å². The van der Waals surface area contributed by atoms with Crippen LogP contribution in [0.3, 0.4) is 0 Å². The quantitative estimate of drug-likeness (QED) is 0.386. The van der Waals surface area contributed by atoms with Crippen LogP contribution >= 0.6 is 7.82 Å². The minimum Gasteiger partial charge on any atom is -0.396 e. The zero-order chi connectivity index (χ0) is 11.7. The SMILES string of the molecule is C#CCN(CCCO)CCOP(=O)(O)O. The molecule has 88 valence electrons. The summed E-state index contributed by atoms with van der Waals surface area (Å²) in [6, 6.07) is 0. The maximum Gasteiger partial charge on any atom is 0.469 e. The van der Waals surface area contributed by atoms with Gasteiger partial charge in [0.2, 0.25) is 0 Å². The van der Waals surface area contributed by atoms with E-state index in [4.69, 9.17) is 21.3 Å². The molecule has 0 aliphatic carbocycles. The van der Waals surface area contributed by atoms with Crippen LogP contribution in [-0.4, -0.2) is 52.6 Å². The second kappa shape index (κ2) is 7.83.